The molecule has 0 spiro atoms. The van der Waals surface area contributed by atoms with E-state index >= 15 is 0 Å². The van der Waals surface area contributed by atoms with Gasteiger partial charge < -0.3 is 5.11 Å². The number of carbonyl (C=O) groups is 1. The van der Waals surface area contributed by atoms with Crippen LogP contribution in [0, 0.1) is 29.1 Å². The van der Waals surface area contributed by atoms with Crippen LogP contribution in [0.4, 0.5) is 0 Å². The summed E-state index contributed by atoms with van der Waals surface area (Å²) in [4.78, 5) is 10.6. The molecule has 0 saturated heterocycles. The van der Waals surface area contributed by atoms with Gasteiger partial charge in [-0.15, -0.1) is 5.92 Å². The highest BCUT2D eigenvalue weighted by atomic mass is 16.4. The van der Waals surface area contributed by atoms with Crippen LogP contribution in [0.2, 0.25) is 0 Å². The Bertz CT molecular complexity index is 254. The van der Waals surface area contributed by atoms with E-state index in [1.54, 1.807) is 6.92 Å². The molecule has 3 heteroatoms. The molecular weight excluding hydrogens is 166 g/mol. The molecule has 0 aromatic rings. The van der Waals surface area contributed by atoms with Gasteiger partial charge in [-0.05, 0) is 19.8 Å². The number of carboxylic acids is 1. The fourth-order valence-corrected chi connectivity index (χ4v) is 0.984. The standard InChI is InChI=1S/C10H13NO2/c1-2-6-9(10(12)13)7-4-3-5-8-11/h9H,3-5,7H2,1H3,(H,12,13). The molecule has 1 N–H and O–H groups in total. The van der Waals surface area contributed by atoms with Crippen LogP contribution in [0.3, 0.4) is 0 Å². The second-order valence-corrected chi connectivity index (χ2v) is 2.69. The number of nitriles is 1. The average Bonchev–Trinajstić information content (AvgIpc) is 2.10. The fourth-order valence-electron chi connectivity index (χ4n) is 0.984. The Hall–Kier alpha value is -1.48. The van der Waals surface area contributed by atoms with Gasteiger partial charge in [0.05, 0.1) is 6.07 Å². The molecule has 1 atom stereocenters. The molecule has 1 unspecified atom stereocenters. The van der Waals surface area contributed by atoms with E-state index in [9.17, 15) is 4.79 Å². The minimum atomic E-state index is -0.869. The summed E-state index contributed by atoms with van der Waals surface area (Å²) in [6, 6.07) is 2.02. The summed E-state index contributed by atoms with van der Waals surface area (Å²) in [5, 5.41) is 16.9. The van der Waals surface area contributed by atoms with Crippen LogP contribution < -0.4 is 0 Å². The predicted molar refractivity (Wildman–Crippen MR) is 48.7 cm³/mol. The van der Waals surface area contributed by atoms with Crippen molar-refractivity contribution in [3.8, 4) is 17.9 Å². The zero-order valence-corrected chi connectivity index (χ0v) is 7.71. The van der Waals surface area contributed by atoms with Crippen molar-refractivity contribution in [2.75, 3.05) is 0 Å². The maximum absolute atomic E-state index is 10.6. The largest absolute Gasteiger partial charge is 0.480 e. The number of nitrogens with zero attached hydrogens (tertiary/aromatic N) is 1. The van der Waals surface area contributed by atoms with Crippen molar-refractivity contribution in [1.82, 2.24) is 0 Å². The highest BCUT2D eigenvalue weighted by Crippen LogP contribution is 2.09. The van der Waals surface area contributed by atoms with Gasteiger partial charge in [-0.2, -0.15) is 5.26 Å². The lowest BCUT2D eigenvalue weighted by molar-refractivity contribution is -0.139. The van der Waals surface area contributed by atoms with Crippen molar-refractivity contribution >= 4 is 5.97 Å². The van der Waals surface area contributed by atoms with Gasteiger partial charge in [0.25, 0.3) is 0 Å². The molecule has 0 radical (unpaired) electrons. The SMILES string of the molecule is CC#CC(CCCCC#N)C(=O)O. The first-order valence-corrected chi connectivity index (χ1v) is 4.24. The summed E-state index contributed by atoms with van der Waals surface area (Å²) in [5.74, 6) is 3.79. The van der Waals surface area contributed by atoms with Gasteiger partial charge in [0.1, 0.15) is 5.92 Å². The Balaban J connectivity index is 3.76. The lowest BCUT2D eigenvalue weighted by Crippen LogP contribution is -2.11. The maximum atomic E-state index is 10.6. The van der Waals surface area contributed by atoms with Crippen molar-refractivity contribution in [3.05, 3.63) is 0 Å². The van der Waals surface area contributed by atoms with E-state index in [-0.39, 0.29) is 0 Å². The first kappa shape index (κ1) is 11.5. The molecule has 0 rings (SSSR count). The quantitative estimate of drug-likeness (QED) is 0.517. The Kier molecular flexibility index (Phi) is 6.37. The Morgan fingerprint density at radius 3 is 2.69 bits per heavy atom. The zero-order valence-electron chi connectivity index (χ0n) is 7.71. The molecule has 70 valence electrons. The third-order valence-electron chi connectivity index (χ3n) is 1.65. The van der Waals surface area contributed by atoms with Crippen LogP contribution in [0.15, 0.2) is 0 Å². The summed E-state index contributed by atoms with van der Waals surface area (Å²) in [6.07, 6.45) is 2.54. The van der Waals surface area contributed by atoms with Crippen LogP contribution in [0.25, 0.3) is 0 Å². The zero-order chi connectivity index (χ0) is 10.1. The summed E-state index contributed by atoms with van der Waals surface area (Å²) in [6.45, 7) is 1.63. The van der Waals surface area contributed by atoms with Crippen molar-refractivity contribution in [2.45, 2.75) is 32.6 Å². The topological polar surface area (TPSA) is 61.1 Å². The highest BCUT2D eigenvalue weighted by Gasteiger charge is 2.12. The van der Waals surface area contributed by atoms with Crippen molar-refractivity contribution in [2.24, 2.45) is 5.92 Å². The molecule has 0 aliphatic heterocycles. The lowest BCUT2D eigenvalue weighted by atomic mass is 10.0. The van der Waals surface area contributed by atoms with Gasteiger partial charge in [0.2, 0.25) is 0 Å². The molecular formula is C10H13NO2. The molecule has 0 bridgehead atoms. The van der Waals surface area contributed by atoms with E-state index < -0.39 is 11.9 Å². The minimum Gasteiger partial charge on any atom is -0.480 e. The smallest absolute Gasteiger partial charge is 0.318 e. The Morgan fingerprint density at radius 1 is 1.54 bits per heavy atom. The molecule has 0 aliphatic rings. The Labute approximate surface area is 78.4 Å². The van der Waals surface area contributed by atoms with E-state index in [0.717, 1.165) is 12.8 Å². The summed E-state index contributed by atoms with van der Waals surface area (Å²) >= 11 is 0. The molecule has 0 fully saturated rings. The number of aliphatic carboxylic acids is 1. The number of hydrogen-bond acceptors (Lipinski definition) is 2. The van der Waals surface area contributed by atoms with E-state index in [1.165, 1.54) is 0 Å². The number of carboxylic acid groups (broad SMARTS) is 1. The molecule has 3 nitrogen and oxygen atoms in total. The predicted octanol–water partition coefficient (Wildman–Crippen LogP) is 1.79. The average molecular weight is 179 g/mol. The molecule has 13 heavy (non-hydrogen) atoms. The summed E-state index contributed by atoms with van der Waals surface area (Å²) in [5.41, 5.74) is 0. The lowest BCUT2D eigenvalue weighted by Gasteiger charge is -2.02. The van der Waals surface area contributed by atoms with Gasteiger partial charge in [-0.3, -0.25) is 4.79 Å². The van der Waals surface area contributed by atoms with Crippen molar-refractivity contribution in [1.29, 1.82) is 5.26 Å². The van der Waals surface area contributed by atoms with E-state index in [4.69, 9.17) is 10.4 Å². The number of unbranched alkanes of at least 4 members (excludes halogenated alkanes) is 2. The molecule has 0 heterocycles. The molecule has 0 amide bonds. The third kappa shape index (κ3) is 5.75. The number of hydrogen-bond donors (Lipinski definition) is 1. The first-order valence-electron chi connectivity index (χ1n) is 4.24. The van der Waals surface area contributed by atoms with Crippen LogP contribution in [-0.2, 0) is 4.79 Å². The normalized spacial score (nSPS) is 10.8. The van der Waals surface area contributed by atoms with Gasteiger partial charge in [-0.1, -0.05) is 12.3 Å². The van der Waals surface area contributed by atoms with Gasteiger partial charge in [0, 0.05) is 6.42 Å². The van der Waals surface area contributed by atoms with Gasteiger partial charge in [0.15, 0.2) is 0 Å². The van der Waals surface area contributed by atoms with Crippen LogP contribution in [-0.4, -0.2) is 11.1 Å². The van der Waals surface area contributed by atoms with Crippen molar-refractivity contribution in [3.63, 3.8) is 0 Å². The summed E-state index contributed by atoms with van der Waals surface area (Å²) < 4.78 is 0. The Morgan fingerprint density at radius 2 is 2.23 bits per heavy atom. The highest BCUT2D eigenvalue weighted by molar-refractivity contribution is 5.73. The van der Waals surface area contributed by atoms with Crippen LogP contribution in [0.5, 0.6) is 0 Å². The van der Waals surface area contributed by atoms with E-state index in [2.05, 4.69) is 11.8 Å². The first-order chi connectivity index (χ1) is 6.22. The minimum absolute atomic E-state index is 0.492. The van der Waals surface area contributed by atoms with Crippen LogP contribution >= 0.6 is 0 Å². The molecule has 0 saturated carbocycles. The third-order valence-corrected chi connectivity index (χ3v) is 1.65. The molecule has 0 aliphatic carbocycles. The fraction of sp³-hybridized carbons (Fsp3) is 0.600. The summed E-state index contributed by atoms with van der Waals surface area (Å²) in [7, 11) is 0. The van der Waals surface area contributed by atoms with Crippen molar-refractivity contribution < 1.29 is 9.90 Å². The maximum Gasteiger partial charge on any atom is 0.318 e. The van der Waals surface area contributed by atoms with E-state index in [1.807, 2.05) is 6.07 Å². The van der Waals surface area contributed by atoms with E-state index in [0.29, 0.717) is 12.8 Å². The number of rotatable bonds is 5. The molecule has 0 aromatic carbocycles. The second kappa shape index (κ2) is 7.18. The molecule has 0 aromatic heterocycles. The second-order valence-electron chi connectivity index (χ2n) is 2.69. The van der Waals surface area contributed by atoms with Gasteiger partial charge >= 0.3 is 5.97 Å². The van der Waals surface area contributed by atoms with Crippen LogP contribution in [0.1, 0.15) is 32.6 Å². The van der Waals surface area contributed by atoms with Gasteiger partial charge in [-0.25, -0.2) is 0 Å². The monoisotopic (exact) mass is 179 g/mol.